The predicted molar refractivity (Wildman–Crippen MR) is 67.0 cm³/mol. The molecule has 2 rings (SSSR count). The van der Waals surface area contributed by atoms with Crippen molar-refractivity contribution in [2.75, 3.05) is 53.5 Å². The van der Waals surface area contributed by atoms with Crippen molar-refractivity contribution in [1.29, 1.82) is 0 Å². The molecular formula is C13H24N2O2. The van der Waals surface area contributed by atoms with E-state index in [1.54, 1.807) is 0 Å². The lowest BCUT2D eigenvalue weighted by Crippen LogP contribution is -2.39. The number of carbonyl (C=O) groups excluding carboxylic acids is 1. The quantitative estimate of drug-likeness (QED) is 0.654. The van der Waals surface area contributed by atoms with Crippen LogP contribution in [0.5, 0.6) is 0 Å². The Labute approximate surface area is 104 Å². The van der Waals surface area contributed by atoms with Crippen LogP contribution in [0.3, 0.4) is 0 Å². The van der Waals surface area contributed by atoms with Crippen molar-refractivity contribution >= 4 is 6.29 Å². The Kier molecular flexibility index (Phi) is 4.17. The molecule has 2 unspecified atom stereocenters. The molecule has 2 heterocycles. The van der Waals surface area contributed by atoms with Crippen LogP contribution in [0.2, 0.25) is 0 Å². The first-order chi connectivity index (χ1) is 8.13. The summed E-state index contributed by atoms with van der Waals surface area (Å²) >= 11 is 0. The maximum atomic E-state index is 11.2. The summed E-state index contributed by atoms with van der Waals surface area (Å²) in [5.41, 5.74) is -0.237. The minimum Gasteiger partial charge on any atom is -0.380 e. The van der Waals surface area contributed by atoms with Gasteiger partial charge in [-0.25, -0.2) is 0 Å². The van der Waals surface area contributed by atoms with Gasteiger partial charge in [0.15, 0.2) is 0 Å². The van der Waals surface area contributed by atoms with Gasteiger partial charge >= 0.3 is 0 Å². The summed E-state index contributed by atoms with van der Waals surface area (Å²) < 4.78 is 5.37. The molecule has 4 nitrogen and oxygen atoms in total. The van der Waals surface area contributed by atoms with Gasteiger partial charge in [0.25, 0.3) is 0 Å². The van der Waals surface area contributed by atoms with E-state index in [9.17, 15) is 4.79 Å². The first-order valence-electron chi connectivity index (χ1n) is 6.55. The summed E-state index contributed by atoms with van der Waals surface area (Å²) in [6.07, 6.45) is 3.27. The molecule has 17 heavy (non-hydrogen) atoms. The van der Waals surface area contributed by atoms with Crippen LogP contribution in [0.25, 0.3) is 0 Å². The van der Waals surface area contributed by atoms with Gasteiger partial charge in [0, 0.05) is 26.2 Å². The fraction of sp³-hybridized carbons (Fsp3) is 0.923. The maximum Gasteiger partial charge on any atom is 0.129 e. The molecule has 0 spiro atoms. The fourth-order valence-corrected chi connectivity index (χ4v) is 3.10. The van der Waals surface area contributed by atoms with Crippen molar-refractivity contribution in [3.05, 3.63) is 0 Å². The molecule has 0 aromatic carbocycles. The van der Waals surface area contributed by atoms with Crippen LogP contribution in [0.1, 0.15) is 12.8 Å². The van der Waals surface area contributed by atoms with Crippen LogP contribution in [-0.4, -0.2) is 69.6 Å². The fourth-order valence-electron chi connectivity index (χ4n) is 3.10. The summed E-state index contributed by atoms with van der Waals surface area (Å²) in [5, 5.41) is 0. The topological polar surface area (TPSA) is 32.8 Å². The Hall–Kier alpha value is -0.450. The van der Waals surface area contributed by atoms with Crippen molar-refractivity contribution < 1.29 is 9.53 Å². The SMILES string of the molecule is CN1CCC(CN(C)CC2(C=O)CCOC2)C1. The van der Waals surface area contributed by atoms with Crippen LogP contribution in [-0.2, 0) is 9.53 Å². The van der Waals surface area contributed by atoms with Crippen LogP contribution >= 0.6 is 0 Å². The number of ether oxygens (including phenoxy) is 1. The summed E-state index contributed by atoms with van der Waals surface area (Å²) in [6.45, 7) is 5.68. The molecule has 0 radical (unpaired) electrons. The highest BCUT2D eigenvalue weighted by Crippen LogP contribution is 2.27. The molecule has 0 aromatic rings. The van der Waals surface area contributed by atoms with Crippen LogP contribution in [0.4, 0.5) is 0 Å². The first kappa shape index (κ1) is 13.0. The first-order valence-corrected chi connectivity index (χ1v) is 6.55. The molecule has 0 aromatic heterocycles. The molecule has 4 heteroatoms. The highest BCUT2D eigenvalue weighted by atomic mass is 16.5. The van der Waals surface area contributed by atoms with E-state index >= 15 is 0 Å². The van der Waals surface area contributed by atoms with Gasteiger partial charge in [0.1, 0.15) is 6.29 Å². The number of aldehydes is 1. The van der Waals surface area contributed by atoms with Crippen molar-refractivity contribution in [2.45, 2.75) is 12.8 Å². The number of likely N-dealkylation sites (tertiary alicyclic amines) is 1. The van der Waals surface area contributed by atoms with Crippen LogP contribution in [0.15, 0.2) is 0 Å². The van der Waals surface area contributed by atoms with Crippen molar-refractivity contribution in [1.82, 2.24) is 9.80 Å². The number of hydrogen-bond donors (Lipinski definition) is 0. The van der Waals surface area contributed by atoms with Crippen LogP contribution < -0.4 is 0 Å². The molecule has 98 valence electrons. The van der Waals surface area contributed by atoms with E-state index in [1.807, 2.05) is 0 Å². The highest BCUT2D eigenvalue weighted by Gasteiger charge is 2.36. The average molecular weight is 240 g/mol. The Bertz CT molecular complexity index is 264. The molecule has 0 aliphatic carbocycles. The van der Waals surface area contributed by atoms with E-state index < -0.39 is 0 Å². The largest absolute Gasteiger partial charge is 0.380 e. The lowest BCUT2D eigenvalue weighted by molar-refractivity contribution is -0.117. The number of hydrogen-bond acceptors (Lipinski definition) is 4. The van der Waals surface area contributed by atoms with Gasteiger partial charge in [0.05, 0.1) is 12.0 Å². The molecule has 2 aliphatic heterocycles. The van der Waals surface area contributed by atoms with E-state index in [4.69, 9.17) is 4.74 Å². The molecule has 2 aliphatic rings. The van der Waals surface area contributed by atoms with E-state index in [-0.39, 0.29) is 5.41 Å². The van der Waals surface area contributed by atoms with Crippen molar-refractivity contribution in [3.8, 4) is 0 Å². The van der Waals surface area contributed by atoms with Gasteiger partial charge in [0.2, 0.25) is 0 Å². The lowest BCUT2D eigenvalue weighted by Gasteiger charge is -2.29. The summed E-state index contributed by atoms with van der Waals surface area (Å²) in [5.74, 6) is 0.760. The van der Waals surface area contributed by atoms with E-state index in [0.29, 0.717) is 6.61 Å². The van der Waals surface area contributed by atoms with Gasteiger partial charge in [-0.3, -0.25) is 0 Å². The monoisotopic (exact) mass is 240 g/mol. The molecular weight excluding hydrogens is 216 g/mol. The standard InChI is InChI=1S/C13H24N2O2/c1-14-5-3-12(7-14)8-15(2)9-13(10-16)4-6-17-11-13/h10,12H,3-9,11H2,1-2H3. The second kappa shape index (κ2) is 5.46. The molecule has 0 amide bonds. The normalized spacial score (nSPS) is 34.6. The lowest BCUT2D eigenvalue weighted by atomic mass is 9.88. The summed E-state index contributed by atoms with van der Waals surface area (Å²) in [6, 6.07) is 0. The Morgan fingerprint density at radius 2 is 2.41 bits per heavy atom. The minimum absolute atomic E-state index is 0.237. The third-order valence-corrected chi connectivity index (χ3v) is 4.03. The molecule has 0 bridgehead atoms. The number of carbonyl (C=O) groups is 1. The Morgan fingerprint density at radius 3 is 2.94 bits per heavy atom. The number of rotatable bonds is 5. The van der Waals surface area contributed by atoms with Gasteiger partial charge in [-0.2, -0.15) is 0 Å². The molecule has 2 atom stereocenters. The third kappa shape index (κ3) is 3.27. The van der Waals surface area contributed by atoms with Gasteiger partial charge in [-0.1, -0.05) is 0 Å². The van der Waals surface area contributed by atoms with Gasteiger partial charge in [-0.15, -0.1) is 0 Å². The second-order valence-electron chi connectivity index (χ2n) is 5.90. The maximum absolute atomic E-state index is 11.2. The number of nitrogens with zero attached hydrogens (tertiary/aromatic N) is 2. The van der Waals surface area contributed by atoms with Crippen molar-refractivity contribution in [2.24, 2.45) is 11.3 Å². The predicted octanol–water partition coefficient (Wildman–Crippen LogP) is 0.476. The average Bonchev–Trinajstić information content (AvgIpc) is 2.89. The second-order valence-corrected chi connectivity index (χ2v) is 5.90. The molecule has 2 saturated heterocycles. The van der Waals surface area contributed by atoms with Crippen LogP contribution in [0, 0.1) is 11.3 Å². The summed E-state index contributed by atoms with van der Waals surface area (Å²) in [4.78, 5) is 15.9. The van der Waals surface area contributed by atoms with E-state index in [1.165, 1.54) is 19.5 Å². The zero-order chi connectivity index (χ0) is 12.3. The minimum atomic E-state index is -0.237. The summed E-state index contributed by atoms with van der Waals surface area (Å²) in [7, 11) is 4.31. The van der Waals surface area contributed by atoms with Gasteiger partial charge in [-0.05, 0) is 39.4 Å². The Balaban J connectivity index is 1.80. The smallest absolute Gasteiger partial charge is 0.129 e. The van der Waals surface area contributed by atoms with Crippen molar-refractivity contribution in [3.63, 3.8) is 0 Å². The van der Waals surface area contributed by atoms with E-state index in [2.05, 4.69) is 23.9 Å². The van der Waals surface area contributed by atoms with E-state index in [0.717, 1.165) is 38.3 Å². The zero-order valence-electron chi connectivity index (χ0n) is 11.0. The zero-order valence-corrected chi connectivity index (χ0v) is 11.0. The van der Waals surface area contributed by atoms with Gasteiger partial charge < -0.3 is 19.3 Å². The Morgan fingerprint density at radius 1 is 1.59 bits per heavy atom. The molecule has 2 fully saturated rings. The highest BCUT2D eigenvalue weighted by molar-refractivity contribution is 5.60. The molecule has 0 saturated carbocycles. The molecule has 0 N–H and O–H groups in total. The third-order valence-electron chi connectivity index (χ3n) is 4.03.